The minimum absolute atomic E-state index is 0.695. The van der Waals surface area contributed by atoms with E-state index in [1.54, 1.807) is 0 Å². The van der Waals surface area contributed by atoms with Gasteiger partial charge in [0.2, 0.25) is 0 Å². The number of carbonyl (C=O) groups is 1. The van der Waals surface area contributed by atoms with Gasteiger partial charge in [-0.3, -0.25) is 0 Å². The van der Waals surface area contributed by atoms with Crippen molar-refractivity contribution < 1.29 is 4.79 Å². The van der Waals surface area contributed by atoms with Crippen LogP contribution >= 0.6 is 0 Å². The van der Waals surface area contributed by atoms with Gasteiger partial charge in [0.05, 0.1) is 0 Å². The van der Waals surface area contributed by atoms with Crippen LogP contribution in [0.1, 0.15) is 19.3 Å². The molecule has 1 heteroatoms. The van der Waals surface area contributed by atoms with Crippen molar-refractivity contribution in [1.82, 2.24) is 0 Å². The average Bonchev–Trinajstić information content (AvgIpc) is 2.42. The van der Waals surface area contributed by atoms with Crippen LogP contribution in [0.4, 0.5) is 0 Å². The predicted octanol–water partition coefficient (Wildman–Crippen LogP) is 1.54. The molecule has 0 spiro atoms. The summed E-state index contributed by atoms with van der Waals surface area (Å²) in [7, 11) is 0. The SMILES string of the molecule is C=C1CC1CCC=O. The topological polar surface area (TPSA) is 17.1 Å². The van der Waals surface area contributed by atoms with Crippen molar-refractivity contribution in [1.29, 1.82) is 0 Å². The Balaban J connectivity index is 2.05. The van der Waals surface area contributed by atoms with Gasteiger partial charge in [0.15, 0.2) is 0 Å². The molecule has 1 saturated carbocycles. The smallest absolute Gasteiger partial charge is 0.120 e. The second kappa shape index (κ2) is 2.12. The minimum Gasteiger partial charge on any atom is -0.303 e. The van der Waals surface area contributed by atoms with E-state index in [0.717, 1.165) is 19.1 Å². The second-order valence-electron chi connectivity index (χ2n) is 2.30. The number of allylic oxidation sites excluding steroid dienone is 1. The third-order valence-corrected chi connectivity index (χ3v) is 1.56. The average molecular weight is 110 g/mol. The summed E-state index contributed by atoms with van der Waals surface area (Å²) in [5.74, 6) is 0.695. The van der Waals surface area contributed by atoms with E-state index in [0.29, 0.717) is 12.3 Å². The molecule has 44 valence electrons. The molecule has 0 heterocycles. The summed E-state index contributed by atoms with van der Waals surface area (Å²) in [6.07, 6.45) is 3.88. The Morgan fingerprint density at radius 2 is 2.50 bits per heavy atom. The first-order valence-electron chi connectivity index (χ1n) is 2.96. The van der Waals surface area contributed by atoms with Gasteiger partial charge in [-0.05, 0) is 18.8 Å². The van der Waals surface area contributed by atoms with Crippen LogP contribution < -0.4 is 0 Å². The van der Waals surface area contributed by atoms with Gasteiger partial charge in [-0.2, -0.15) is 0 Å². The number of carbonyl (C=O) groups excluding carboxylic acids is 1. The molecule has 0 N–H and O–H groups in total. The molecule has 0 aromatic rings. The summed E-state index contributed by atoms with van der Waals surface area (Å²) >= 11 is 0. The zero-order chi connectivity index (χ0) is 5.98. The van der Waals surface area contributed by atoms with Gasteiger partial charge in [-0.1, -0.05) is 12.2 Å². The molecule has 8 heavy (non-hydrogen) atoms. The quantitative estimate of drug-likeness (QED) is 0.398. The van der Waals surface area contributed by atoms with Crippen molar-refractivity contribution in [3.05, 3.63) is 12.2 Å². The molecule has 1 fully saturated rings. The van der Waals surface area contributed by atoms with Crippen molar-refractivity contribution in [2.45, 2.75) is 19.3 Å². The van der Waals surface area contributed by atoms with Gasteiger partial charge in [-0.25, -0.2) is 0 Å². The van der Waals surface area contributed by atoms with Gasteiger partial charge in [0, 0.05) is 6.42 Å². The molecule has 1 atom stereocenters. The summed E-state index contributed by atoms with van der Waals surface area (Å²) in [5.41, 5.74) is 1.33. The van der Waals surface area contributed by atoms with E-state index in [1.165, 1.54) is 5.57 Å². The summed E-state index contributed by atoms with van der Waals surface area (Å²) in [4.78, 5) is 9.81. The van der Waals surface area contributed by atoms with Gasteiger partial charge in [-0.15, -0.1) is 0 Å². The maximum absolute atomic E-state index is 9.81. The van der Waals surface area contributed by atoms with Crippen LogP contribution in [0.25, 0.3) is 0 Å². The Morgan fingerprint density at radius 3 is 2.88 bits per heavy atom. The van der Waals surface area contributed by atoms with Crippen molar-refractivity contribution in [2.24, 2.45) is 5.92 Å². The third kappa shape index (κ3) is 1.19. The molecule has 0 bridgehead atoms. The summed E-state index contributed by atoms with van der Waals surface area (Å²) < 4.78 is 0. The number of hydrogen-bond donors (Lipinski definition) is 0. The maximum atomic E-state index is 9.81. The van der Waals surface area contributed by atoms with Crippen LogP contribution in [0.3, 0.4) is 0 Å². The van der Waals surface area contributed by atoms with Gasteiger partial charge in [0.25, 0.3) is 0 Å². The van der Waals surface area contributed by atoms with E-state index in [4.69, 9.17) is 0 Å². The third-order valence-electron chi connectivity index (χ3n) is 1.56. The zero-order valence-corrected chi connectivity index (χ0v) is 4.89. The lowest BCUT2D eigenvalue weighted by Gasteiger charge is -1.83. The first-order valence-corrected chi connectivity index (χ1v) is 2.96. The largest absolute Gasteiger partial charge is 0.303 e. The lowest BCUT2D eigenvalue weighted by molar-refractivity contribution is -0.107. The standard InChI is InChI=1S/C7H10O/c1-6-5-7(6)3-2-4-8/h4,7H,1-3,5H2. The highest BCUT2D eigenvalue weighted by Crippen LogP contribution is 2.38. The van der Waals surface area contributed by atoms with Crippen molar-refractivity contribution in [3.63, 3.8) is 0 Å². The highest BCUT2D eigenvalue weighted by Gasteiger charge is 2.25. The monoisotopic (exact) mass is 110 g/mol. The van der Waals surface area contributed by atoms with E-state index >= 15 is 0 Å². The Hall–Kier alpha value is -0.590. The lowest BCUT2D eigenvalue weighted by Crippen LogP contribution is -1.76. The van der Waals surface area contributed by atoms with E-state index in [1.807, 2.05) is 0 Å². The van der Waals surface area contributed by atoms with Crippen molar-refractivity contribution in [3.8, 4) is 0 Å². The molecule has 0 amide bonds. The van der Waals surface area contributed by atoms with Crippen LogP contribution in [-0.2, 0) is 4.79 Å². The van der Waals surface area contributed by atoms with Crippen molar-refractivity contribution >= 4 is 6.29 Å². The Labute approximate surface area is 49.4 Å². The Bertz CT molecular complexity index is 116. The Kier molecular flexibility index (Phi) is 1.47. The minimum atomic E-state index is 0.695. The molecule has 1 aliphatic carbocycles. The molecule has 1 rings (SSSR count). The molecule has 1 nitrogen and oxygen atoms in total. The fraction of sp³-hybridized carbons (Fsp3) is 0.571. The molecule has 0 aliphatic heterocycles. The van der Waals surface area contributed by atoms with E-state index in [-0.39, 0.29) is 0 Å². The molecular formula is C7H10O. The lowest BCUT2D eigenvalue weighted by atomic mass is 10.2. The van der Waals surface area contributed by atoms with E-state index in [2.05, 4.69) is 6.58 Å². The summed E-state index contributed by atoms with van der Waals surface area (Å²) in [5, 5.41) is 0. The molecule has 1 unspecified atom stereocenters. The predicted molar refractivity (Wildman–Crippen MR) is 32.5 cm³/mol. The highest BCUT2D eigenvalue weighted by atomic mass is 16.1. The van der Waals surface area contributed by atoms with Gasteiger partial charge >= 0.3 is 0 Å². The van der Waals surface area contributed by atoms with Crippen molar-refractivity contribution in [2.75, 3.05) is 0 Å². The number of rotatable bonds is 3. The van der Waals surface area contributed by atoms with Crippen LogP contribution in [-0.4, -0.2) is 6.29 Å². The van der Waals surface area contributed by atoms with Crippen LogP contribution in [0.2, 0.25) is 0 Å². The van der Waals surface area contributed by atoms with Crippen LogP contribution in [0.15, 0.2) is 12.2 Å². The second-order valence-corrected chi connectivity index (χ2v) is 2.30. The van der Waals surface area contributed by atoms with Gasteiger partial charge < -0.3 is 4.79 Å². The molecule has 0 saturated heterocycles. The number of aldehydes is 1. The van der Waals surface area contributed by atoms with Crippen LogP contribution in [0.5, 0.6) is 0 Å². The summed E-state index contributed by atoms with van der Waals surface area (Å²) in [6, 6.07) is 0. The van der Waals surface area contributed by atoms with E-state index in [9.17, 15) is 4.79 Å². The first kappa shape index (κ1) is 5.54. The highest BCUT2D eigenvalue weighted by molar-refractivity contribution is 5.49. The molecular weight excluding hydrogens is 100 g/mol. The summed E-state index contributed by atoms with van der Waals surface area (Å²) in [6.45, 7) is 3.79. The van der Waals surface area contributed by atoms with Crippen LogP contribution in [0, 0.1) is 5.92 Å². The van der Waals surface area contributed by atoms with E-state index < -0.39 is 0 Å². The maximum Gasteiger partial charge on any atom is 0.120 e. The molecule has 1 aliphatic rings. The normalized spacial score (nSPS) is 25.5. The zero-order valence-electron chi connectivity index (χ0n) is 4.89. The fourth-order valence-electron chi connectivity index (χ4n) is 0.833. The first-order chi connectivity index (χ1) is 3.84. The Morgan fingerprint density at radius 1 is 1.88 bits per heavy atom. The number of hydrogen-bond acceptors (Lipinski definition) is 1. The molecule has 0 radical (unpaired) electrons. The molecule has 0 aromatic carbocycles. The fourth-order valence-corrected chi connectivity index (χ4v) is 0.833. The molecule has 0 aromatic heterocycles. The van der Waals surface area contributed by atoms with Gasteiger partial charge in [0.1, 0.15) is 6.29 Å².